The van der Waals surface area contributed by atoms with Crippen LogP contribution in [0.25, 0.3) is 5.82 Å². The summed E-state index contributed by atoms with van der Waals surface area (Å²) >= 11 is 3.40. The summed E-state index contributed by atoms with van der Waals surface area (Å²) in [5.41, 5.74) is 7.89. The molecule has 0 bridgehead atoms. The summed E-state index contributed by atoms with van der Waals surface area (Å²) in [6.45, 7) is 0.459. The average Bonchev–Trinajstić information content (AvgIpc) is 3.08. The summed E-state index contributed by atoms with van der Waals surface area (Å²) in [6.07, 6.45) is 6.25. The van der Waals surface area contributed by atoms with E-state index in [9.17, 15) is 0 Å². The van der Waals surface area contributed by atoms with Crippen LogP contribution in [0.3, 0.4) is 0 Å². The summed E-state index contributed by atoms with van der Waals surface area (Å²) in [5, 5.41) is 4.56. The molecule has 0 radical (unpaired) electrons. The lowest BCUT2D eigenvalue weighted by atomic mass is 10.2. The second-order valence-corrected chi connectivity index (χ2v) is 5.22. The molecule has 0 aromatic carbocycles. The van der Waals surface area contributed by atoms with Crippen LogP contribution in [0, 0.1) is 0 Å². The van der Waals surface area contributed by atoms with Gasteiger partial charge in [0.05, 0.1) is 5.69 Å². The van der Waals surface area contributed by atoms with E-state index in [-0.39, 0.29) is 0 Å². The van der Waals surface area contributed by atoms with Crippen LogP contribution in [0.1, 0.15) is 30.0 Å². The zero-order valence-electron chi connectivity index (χ0n) is 9.31. The van der Waals surface area contributed by atoms with Crippen molar-refractivity contribution in [1.82, 2.24) is 14.8 Å². The molecule has 0 unspecified atom stereocenters. The van der Waals surface area contributed by atoms with E-state index in [4.69, 9.17) is 5.73 Å². The van der Waals surface area contributed by atoms with Gasteiger partial charge in [0.2, 0.25) is 0 Å². The molecule has 2 N–H and O–H groups in total. The fourth-order valence-electron chi connectivity index (χ4n) is 1.88. The van der Waals surface area contributed by atoms with E-state index < -0.39 is 0 Å². The van der Waals surface area contributed by atoms with Gasteiger partial charge in [0, 0.05) is 34.9 Å². The Hall–Kier alpha value is -1.20. The zero-order valence-corrected chi connectivity index (χ0v) is 10.9. The first-order valence-electron chi connectivity index (χ1n) is 5.68. The highest BCUT2D eigenvalue weighted by Gasteiger charge is 2.26. The van der Waals surface area contributed by atoms with E-state index in [1.54, 1.807) is 6.20 Å². The van der Waals surface area contributed by atoms with Crippen molar-refractivity contribution < 1.29 is 0 Å². The maximum atomic E-state index is 5.73. The normalized spacial score (nSPS) is 15.2. The third-order valence-electron chi connectivity index (χ3n) is 2.95. The van der Waals surface area contributed by atoms with E-state index in [2.05, 4.69) is 32.1 Å². The summed E-state index contributed by atoms with van der Waals surface area (Å²) in [5.74, 6) is 1.48. The first-order chi connectivity index (χ1) is 8.28. The molecule has 2 heterocycles. The number of hydrogen-bond acceptors (Lipinski definition) is 3. The third-order valence-corrected chi connectivity index (χ3v) is 3.39. The maximum absolute atomic E-state index is 5.73. The number of nitrogens with zero attached hydrogens (tertiary/aromatic N) is 3. The molecule has 3 rings (SSSR count). The Morgan fingerprint density at radius 2 is 2.29 bits per heavy atom. The van der Waals surface area contributed by atoms with Crippen LogP contribution in [0.5, 0.6) is 0 Å². The van der Waals surface area contributed by atoms with Gasteiger partial charge in [0.25, 0.3) is 0 Å². The fraction of sp³-hybridized carbons (Fsp3) is 0.333. The fourth-order valence-corrected chi connectivity index (χ4v) is 2.26. The highest BCUT2D eigenvalue weighted by atomic mass is 79.9. The molecule has 1 fully saturated rings. The average molecular weight is 293 g/mol. The van der Waals surface area contributed by atoms with E-state index >= 15 is 0 Å². The molecule has 88 valence electrons. The number of rotatable bonds is 3. The van der Waals surface area contributed by atoms with Crippen molar-refractivity contribution >= 4 is 15.9 Å². The van der Waals surface area contributed by atoms with Gasteiger partial charge in [0.15, 0.2) is 5.82 Å². The van der Waals surface area contributed by atoms with E-state index in [1.807, 2.05) is 16.9 Å². The summed E-state index contributed by atoms with van der Waals surface area (Å²) < 4.78 is 2.76. The minimum atomic E-state index is 0.459. The molecule has 0 amide bonds. The minimum absolute atomic E-state index is 0.459. The van der Waals surface area contributed by atoms with Gasteiger partial charge in [-0.25, -0.2) is 9.67 Å². The first kappa shape index (κ1) is 10.9. The maximum Gasteiger partial charge on any atom is 0.157 e. The molecular weight excluding hydrogens is 280 g/mol. The Labute approximate surface area is 108 Å². The van der Waals surface area contributed by atoms with Crippen LogP contribution in [-0.4, -0.2) is 14.8 Å². The van der Waals surface area contributed by atoms with Crippen molar-refractivity contribution in [2.24, 2.45) is 5.73 Å². The quantitative estimate of drug-likeness (QED) is 0.945. The number of hydrogen-bond donors (Lipinski definition) is 1. The second-order valence-electron chi connectivity index (χ2n) is 4.30. The first-order valence-corrected chi connectivity index (χ1v) is 6.47. The molecule has 1 saturated carbocycles. The summed E-state index contributed by atoms with van der Waals surface area (Å²) in [4.78, 5) is 4.39. The third kappa shape index (κ3) is 2.12. The molecule has 0 aliphatic heterocycles. The van der Waals surface area contributed by atoms with Gasteiger partial charge in [-0.1, -0.05) is 0 Å². The zero-order chi connectivity index (χ0) is 11.8. The van der Waals surface area contributed by atoms with Gasteiger partial charge in [-0.15, -0.1) is 0 Å². The Bertz CT molecular complexity index is 545. The predicted octanol–water partition coefficient (Wildman–Crippen LogP) is 2.37. The van der Waals surface area contributed by atoms with Gasteiger partial charge in [-0.2, -0.15) is 5.10 Å². The standard InChI is InChI=1S/C12H13BrN4/c13-10-5-9(6-14)12(15-7-10)17-4-3-11(16-17)8-1-2-8/h3-5,7-8H,1-2,6,14H2. The Balaban J connectivity index is 2.01. The lowest BCUT2D eigenvalue weighted by molar-refractivity contribution is 0.795. The molecule has 0 atom stereocenters. The van der Waals surface area contributed by atoms with E-state index in [0.29, 0.717) is 12.5 Å². The molecule has 0 saturated heterocycles. The van der Waals surface area contributed by atoms with E-state index in [1.165, 1.54) is 12.8 Å². The second kappa shape index (κ2) is 4.23. The molecule has 5 heteroatoms. The van der Waals surface area contributed by atoms with Gasteiger partial charge in [-0.05, 0) is 40.9 Å². The van der Waals surface area contributed by atoms with Crippen LogP contribution < -0.4 is 5.73 Å². The van der Waals surface area contributed by atoms with Crippen LogP contribution in [0.15, 0.2) is 29.0 Å². The molecule has 2 aromatic heterocycles. The SMILES string of the molecule is NCc1cc(Br)cnc1-n1ccc(C2CC2)n1. The van der Waals surface area contributed by atoms with Crippen molar-refractivity contribution in [2.75, 3.05) is 0 Å². The highest BCUT2D eigenvalue weighted by molar-refractivity contribution is 9.10. The van der Waals surface area contributed by atoms with Crippen molar-refractivity contribution in [3.63, 3.8) is 0 Å². The highest BCUT2D eigenvalue weighted by Crippen LogP contribution is 2.39. The number of aromatic nitrogens is 3. The Kier molecular flexibility index (Phi) is 2.72. The lowest BCUT2D eigenvalue weighted by Crippen LogP contribution is -2.07. The van der Waals surface area contributed by atoms with Gasteiger partial charge < -0.3 is 5.73 Å². The molecule has 0 spiro atoms. The number of halogens is 1. The van der Waals surface area contributed by atoms with Crippen molar-refractivity contribution in [1.29, 1.82) is 0 Å². The van der Waals surface area contributed by atoms with Crippen LogP contribution >= 0.6 is 15.9 Å². The van der Waals surface area contributed by atoms with Crippen LogP contribution in [-0.2, 0) is 6.54 Å². The summed E-state index contributed by atoms with van der Waals surface area (Å²) in [6, 6.07) is 4.06. The summed E-state index contributed by atoms with van der Waals surface area (Å²) in [7, 11) is 0. The predicted molar refractivity (Wildman–Crippen MR) is 68.9 cm³/mol. The number of pyridine rings is 1. The van der Waals surface area contributed by atoms with Crippen LogP contribution in [0.4, 0.5) is 0 Å². The van der Waals surface area contributed by atoms with Crippen molar-refractivity contribution in [2.45, 2.75) is 25.3 Å². The molecule has 1 aliphatic rings. The largest absolute Gasteiger partial charge is 0.326 e. The molecule has 4 nitrogen and oxygen atoms in total. The van der Waals surface area contributed by atoms with Crippen LogP contribution in [0.2, 0.25) is 0 Å². The topological polar surface area (TPSA) is 56.7 Å². The smallest absolute Gasteiger partial charge is 0.157 e. The Morgan fingerprint density at radius 3 is 3.00 bits per heavy atom. The van der Waals surface area contributed by atoms with Gasteiger partial charge in [0.1, 0.15) is 0 Å². The monoisotopic (exact) mass is 292 g/mol. The van der Waals surface area contributed by atoms with Gasteiger partial charge in [-0.3, -0.25) is 0 Å². The van der Waals surface area contributed by atoms with Crippen molar-refractivity contribution in [3.8, 4) is 5.82 Å². The number of nitrogens with two attached hydrogens (primary N) is 1. The van der Waals surface area contributed by atoms with E-state index in [0.717, 1.165) is 21.5 Å². The molecular formula is C12H13BrN4. The Morgan fingerprint density at radius 1 is 1.47 bits per heavy atom. The van der Waals surface area contributed by atoms with Crippen molar-refractivity contribution in [3.05, 3.63) is 40.3 Å². The minimum Gasteiger partial charge on any atom is -0.326 e. The van der Waals surface area contributed by atoms with Gasteiger partial charge >= 0.3 is 0 Å². The lowest BCUT2D eigenvalue weighted by Gasteiger charge is -2.06. The molecule has 1 aliphatic carbocycles. The molecule has 17 heavy (non-hydrogen) atoms. The molecule has 2 aromatic rings.